The number of carbonyl (C=O) groups is 1. The first-order valence-electron chi connectivity index (χ1n) is 7.59. The van der Waals surface area contributed by atoms with Gasteiger partial charge in [-0.3, -0.25) is 4.79 Å². The van der Waals surface area contributed by atoms with Gasteiger partial charge in [0.05, 0.1) is 12.1 Å². The van der Waals surface area contributed by atoms with Crippen LogP contribution in [-0.2, 0) is 9.53 Å². The minimum atomic E-state index is 0.0193. The summed E-state index contributed by atoms with van der Waals surface area (Å²) in [4.78, 5) is 13.7. The number of likely N-dealkylation sites (N-methyl/N-ethyl adjacent to an activating group) is 1. The molecule has 0 aromatic heterocycles. The fraction of sp³-hybridized carbons (Fsp3) is 0.933. The molecule has 2 aliphatic rings. The van der Waals surface area contributed by atoms with E-state index in [-0.39, 0.29) is 17.4 Å². The molecule has 1 N–H and O–H groups in total. The van der Waals surface area contributed by atoms with E-state index < -0.39 is 0 Å². The van der Waals surface area contributed by atoms with E-state index in [0.717, 1.165) is 32.4 Å². The Bertz CT molecular complexity index is 330. The van der Waals surface area contributed by atoms with Crippen LogP contribution in [-0.4, -0.2) is 49.2 Å². The summed E-state index contributed by atoms with van der Waals surface area (Å²) in [6.07, 6.45) is 4.62. The molecule has 0 bridgehead atoms. The average molecular weight is 268 g/mol. The van der Waals surface area contributed by atoms with Crippen LogP contribution in [0.25, 0.3) is 0 Å². The molecule has 1 heterocycles. The summed E-state index contributed by atoms with van der Waals surface area (Å²) in [6, 6.07) is 0.422. The molecule has 19 heavy (non-hydrogen) atoms. The second kappa shape index (κ2) is 5.80. The lowest BCUT2D eigenvalue weighted by molar-refractivity contribution is -0.134. The summed E-state index contributed by atoms with van der Waals surface area (Å²) < 4.78 is 5.94. The van der Waals surface area contributed by atoms with Gasteiger partial charge in [-0.25, -0.2) is 0 Å². The summed E-state index contributed by atoms with van der Waals surface area (Å²) in [7, 11) is 1.88. The van der Waals surface area contributed by atoms with Gasteiger partial charge in [0.1, 0.15) is 0 Å². The van der Waals surface area contributed by atoms with Crippen molar-refractivity contribution in [2.45, 2.75) is 64.6 Å². The SMILES string of the molecule is CCCCO[C@@H]1C[C@@H](N[C@H]2CCN(C)C2=O)C1(C)C. The zero-order chi connectivity index (χ0) is 14.0. The van der Waals surface area contributed by atoms with Gasteiger partial charge in [-0.15, -0.1) is 0 Å². The zero-order valence-electron chi connectivity index (χ0n) is 12.7. The number of rotatable bonds is 6. The lowest BCUT2D eigenvalue weighted by Gasteiger charge is -2.52. The third-order valence-corrected chi connectivity index (χ3v) is 4.82. The molecule has 4 nitrogen and oxygen atoms in total. The van der Waals surface area contributed by atoms with Crippen LogP contribution in [0.1, 0.15) is 46.5 Å². The van der Waals surface area contributed by atoms with Crippen molar-refractivity contribution in [1.29, 1.82) is 0 Å². The number of nitrogens with one attached hydrogen (secondary N) is 1. The molecule has 0 aromatic rings. The molecule has 110 valence electrons. The van der Waals surface area contributed by atoms with E-state index in [1.54, 1.807) is 0 Å². The van der Waals surface area contributed by atoms with Crippen molar-refractivity contribution in [1.82, 2.24) is 10.2 Å². The second-order valence-corrected chi connectivity index (χ2v) is 6.59. The predicted molar refractivity (Wildman–Crippen MR) is 76.0 cm³/mol. The highest BCUT2D eigenvalue weighted by atomic mass is 16.5. The van der Waals surface area contributed by atoms with E-state index >= 15 is 0 Å². The number of unbranched alkanes of at least 4 members (excludes halogenated alkanes) is 1. The molecule has 1 aliphatic heterocycles. The van der Waals surface area contributed by atoms with Crippen LogP contribution >= 0.6 is 0 Å². The quantitative estimate of drug-likeness (QED) is 0.747. The minimum absolute atomic E-state index is 0.0193. The van der Waals surface area contributed by atoms with Gasteiger partial charge in [0.2, 0.25) is 5.91 Å². The van der Waals surface area contributed by atoms with Crippen LogP contribution in [0.3, 0.4) is 0 Å². The van der Waals surface area contributed by atoms with Gasteiger partial charge in [0, 0.05) is 31.7 Å². The van der Waals surface area contributed by atoms with Crippen molar-refractivity contribution in [2.24, 2.45) is 5.41 Å². The summed E-state index contributed by atoms with van der Waals surface area (Å²) in [5.41, 5.74) is 0.134. The molecule has 0 aromatic carbocycles. The van der Waals surface area contributed by atoms with E-state index in [9.17, 15) is 4.79 Å². The number of carbonyl (C=O) groups excluding carboxylic acids is 1. The van der Waals surface area contributed by atoms with Crippen molar-refractivity contribution >= 4 is 5.91 Å². The Balaban J connectivity index is 1.79. The van der Waals surface area contributed by atoms with Gasteiger partial charge in [0.15, 0.2) is 0 Å². The maximum atomic E-state index is 11.9. The Morgan fingerprint density at radius 3 is 2.74 bits per heavy atom. The maximum Gasteiger partial charge on any atom is 0.239 e. The second-order valence-electron chi connectivity index (χ2n) is 6.59. The highest BCUT2D eigenvalue weighted by Crippen LogP contribution is 2.43. The Morgan fingerprint density at radius 1 is 1.47 bits per heavy atom. The largest absolute Gasteiger partial charge is 0.378 e. The molecule has 4 heteroatoms. The first-order valence-corrected chi connectivity index (χ1v) is 7.59. The number of hydrogen-bond acceptors (Lipinski definition) is 3. The maximum absolute atomic E-state index is 11.9. The van der Waals surface area contributed by atoms with Gasteiger partial charge < -0.3 is 15.0 Å². The molecule has 1 saturated carbocycles. The van der Waals surface area contributed by atoms with E-state index in [2.05, 4.69) is 26.1 Å². The van der Waals surface area contributed by atoms with E-state index in [0.29, 0.717) is 12.1 Å². The third-order valence-electron chi connectivity index (χ3n) is 4.82. The van der Waals surface area contributed by atoms with Crippen molar-refractivity contribution in [3.05, 3.63) is 0 Å². The van der Waals surface area contributed by atoms with Gasteiger partial charge in [-0.1, -0.05) is 27.2 Å². The smallest absolute Gasteiger partial charge is 0.239 e. The topological polar surface area (TPSA) is 41.6 Å². The molecule has 1 amide bonds. The van der Waals surface area contributed by atoms with Crippen molar-refractivity contribution in [3.63, 3.8) is 0 Å². The monoisotopic (exact) mass is 268 g/mol. The average Bonchev–Trinajstić information content (AvgIpc) is 2.68. The molecule has 3 atom stereocenters. The van der Waals surface area contributed by atoms with Crippen LogP contribution in [0.15, 0.2) is 0 Å². The molecule has 2 rings (SSSR count). The number of ether oxygens (including phenoxy) is 1. The molecular weight excluding hydrogens is 240 g/mol. The summed E-state index contributed by atoms with van der Waals surface area (Å²) in [5.74, 6) is 0.242. The molecule has 1 saturated heterocycles. The Labute approximate surface area is 116 Å². The fourth-order valence-electron chi connectivity index (χ4n) is 3.04. The van der Waals surface area contributed by atoms with E-state index in [4.69, 9.17) is 4.74 Å². The van der Waals surface area contributed by atoms with Gasteiger partial charge >= 0.3 is 0 Å². The van der Waals surface area contributed by atoms with Crippen LogP contribution in [0.2, 0.25) is 0 Å². The van der Waals surface area contributed by atoms with Gasteiger partial charge in [-0.2, -0.15) is 0 Å². The van der Waals surface area contributed by atoms with E-state index in [1.807, 2.05) is 11.9 Å². The third kappa shape index (κ3) is 2.95. The van der Waals surface area contributed by atoms with Crippen LogP contribution in [0.4, 0.5) is 0 Å². The Kier molecular flexibility index (Phi) is 4.51. The highest BCUT2D eigenvalue weighted by molar-refractivity contribution is 5.83. The van der Waals surface area contributed by atoms with Crippen LogP contribution in [0, 0.1) is 5.41 Å². The molecule has 2 fully saturated rings. The van der Waals surface area contributed by atoms with Crippen LogP contribution < -0.4 is 5.32 Å². The Morgan fingerprint density at radius 2 is 2.21 bits per heavy atom. The first-order chi connectivity index (χ1) is 8.96. The summed E-state index contributed by atoms with van der Waals surface area (Å²) in [5, 5.41) is 3.53. The molecular formula is C15H28N2O2. The molecule has 0 unspecified atom stereocenters. The van der Waals surface area contributed by atoms with Crippen molar-refractivity contribution in [3.8, 4) is 0 Å². The van der Waals surface area contributed by atoms with Gasteiger partial charge in [-0.05, 0) is 19.3 Å². The fourth-order valence-corrected chi connectivity index (χ4v) is 3.04. The minimum Gasteiger partial charge on any atom is -0.378 e. The number of amides is 1. The first kappa shape index (κ1) is 14.8. The summed E-state index contributed by atoms with van der Waals surface area (Å²) >= 11 is 0. The number of likely N-dealkylation sites (tertiary alicyclic amines) is 1. The lowest BCUT2D eigenvalue weighted by atomic mass is 9.64. The lowest BCUT2D eigenvalue weighted by Crippen LogP contribution is -2.63. The number of nitrogens with zero attached hydrogens (tertiary/aromatic N) is 1. The summed E-state index contributed by atoms with van der Waals surface area (Å²) in [6.45, 7) is 8.41. The Hall–Kier alpha value is -0.610. The molecule has 1 aliphatic carbocycles. The normalized spacial score (nSPS) is 33.6. The van der Waals surface area contributed by atoms with Crippen molar-refractivity contribution in [2.75, 3.05) is 20.2 Å². The highest BCUT2D eigenvalue weighted by Gasteiger charge is 2.50. The van der Waals surface area contributed by atoms with Crippen LogP contribution in [0.5, 0.6) is 0 Å². The molecule has 0 radical (unpaired) electrons. The molecule has 0 spiro atoms. The van der Waals surface area contributed by atoms with E-state index in [1.165, 1.54) is 6.42 Å². The predicted octanol–water partition coefficient (Wildman–Crippen LogP) is 1.79. The standard InChI is InChI=1S/C15H28N2O2/c1-5-6-9-19-13-10-12(15(13,2)3)16-11-7-8-17(4)14(11)18/h11-13,16H,5-10H2,1-4H3/t11-,12+,13+/m0/s1. The van der Waals surface area contributed by atoms with Gasteiger partial charge in [0.25, 0.3) is 0 Å². The van der Waals surface area contributed by atoms with Crippen molar-refractivity contribution < 1.29 is 9.53 Å². The zero-order valence-corrected chi connectivity index (χ0v) is 12.7. The number of hydrogen-bond donors (Lipinski definition) is 1.